The molecule has 1 aliphatic rings. The van der Waals surface area contributed by atoms with Crippen LogP contribution in [0.1, 0.15) is 26.1 Å². The number of benzene rings is 1. The van der Waals surface area contributed by atoms with Crippen molar-refractivity contribution in [2.45, 2.75) is 30.8 Å². The van der Waals surface area contributed by atoms with E-state index in [4.69, 9.17) is 0 Å². The molecule has 0 radical (unpaired) electrons. The number of sulfonamides is 1. The van der Waals surface area contributed by atoms with Crippen molar-refractivity contribution in [2.75, 3.05) is 31.1 Å². The molecule has 27 heavy (non-hydrogen) atoms. The highest BCUT2D eigenvalue weighted by Crippen LogP contribution is 2.26. The average Bonchev–Trinajstić information content (AvgIpc) is 3.04. The normalized spacial score (nSPS) is 18.5. The van der Waals surface area contributed by atoms with Crippen LogP contribution in [0.15, 0.2) is 29.2 Å². The summed E-state index contributed by atoms with van der Waals surface area (Å²) in [5.41, 5.74) is -1.08. The fourth-order valence-corrected chi connectivity index (χ4v) is 4.53. The van der Waals surface area contributed by atoms with Crippen LogP contribution in [0.25, 0.3) is 0 Å². The predicted molar refractivity (Wildman–Crippen MR) is 98.2 cm³/mol. The first kappa shape index (κ1) is 19.7. The molecule has 0 saturated carbocycles. The second kappa shape index (κ2) is 7.17. The van der Waals surface area contributed by atoms with Crippen LogP contribution in [-0.2, 0) is 22.7 Å². The lowest BCUT2D eigenvalue weighted by Gasteiger charge is -2.34. The Bertz CT molecular complexity index is 903. The van der Waals surface area contributed by atoms with Gasteiger partial charge >= 0.3 is 0 Å². The minimum absolute atomic E-state index is 0.0808. The van der Waals surface area contributed by atoms with Crippen LogP contribution in [0, 0.1) is 5.82 Å². The Morgan fingerprint density at radius 2 is 1.74 bits per heavy atom. The Balaban J connectivity index is 1.73. The van der Waals surface area contributed by atoms with E-state index >= 15 is 0 Å². The van der Waals surface area contributed by atoms with Crippen LogP contribution in [-0.4, -0.2) is 58.8 Å². The van der Waals surface area contributed by atoms with Crippen molar-refractivity contribution >= 4 is 16.0 Å². The van der Waals surface area contributed by atoms with E-state index in [1.807, 2.05) is 11.8 Å². The molecule has 0 amide bonds. The summed E-state index contributed by atoms with van der Waals surface area (Å²) in [5.74, 6) is 0.596. The number of hydrogen-bond acceptors (Lipinski definition) is 6. The monoisotopic (exact) mass is 397 g/mol. The van der Waals surface area contributed by atoms with E-state index in [0.717, 1.165) is 12.1 Å². The van der Waals surface area contributed by atoms with Gasteiger partial charge in [0.15, 0.2) is 5.82 Å². The summed E-state index contributed by atoms with van der Waals surface area (Å²) < 4.78 is 41.6. The fourth-order valence-electron chi connectivity index (χ4n) is 3.11. The Morgan fingerprint density at radius 1 is 1.15 bits per heavy atom. The smallest absolute Gasteiger partial charge is 0.243 e. The second-order valence-corrected chi connectivity index (χ2v) is 8.79. The van der Waals surface area contributed by atoms with Crippen LogP contribution in [0.2, 0.25) is 0 Å². The molecule has 0 bridgehead atoms. The zero-order chi connectivity index (χ0) is 19.8. The number of rotatable bonds is 5. The van der Waals surface area contributed by atoms with Crippen LogP contribution < -0.4 is 4.90 Å². The highest BCUT2D eigenvalue weighted by molar-refractivity contribution is 7.89. The number of halogens is 1. The van der Waals surface area contributed by atoms with Crippen LogP contribution in [0.4, 0.5) is 10.3 Å². The second-order valence-electron chi connectivity index (χ2n) is 6.86. The Morgan fingerprint density at radius 3 is 2.30 bits per heavy atom. The van der Waals surface area contributed by atoms with E-state index in [0.29, 0.717) is 31.3 Å². The van der Waals surface area contributed by atoms with E-state index in [-0.39, 0.29) is 18.0 Å². The number of aliphatic hydroxyl groups is 1. The summed E-state index contributed by atoms with van der Waals surface area (Å²) in [4.78, 5) is 2.02. The zero-order valence-corrected chi connectivity index (χ0v) is 16.4. The SMILES string of the molecule is CCC(C)(O)c1nnc(N2CCN(S(=O)(=O)c3ccc(F)cc3)CC2)n1C. The third kappa shape index (κ3) is 3.69. The van der Waals surface area contributed by atoms with Gasteiger partial charge in [-0.05, 0) is 37.6 Å². The number of piperazine rings is 1. The first-order chi connectivity index (χ1) is 12.7. The third-order valence-electron chi connectivity index (χ3n) is 4.99. The Kier molecular flexibility index (Phi) is 5.24. The van der Waals surface area contributed by atoms with Crippen LogP contribution >= 0.6 is 0 Å². The lowest BCUT2D eigenvalue weighted by molar-refractivity contribution is 0.0405. The molecule has 0 spiro atoms. The average molecular weight is 397 g/mol. The van der Waals surface area contributed by atoms with Gasteiger partial charge in [-0.1, -0.05) is 6.92 Å². The Hall–Kier alpha value is -2.04. The lowest BCUT2D eigenvalue weighted by Crippen LogP contribution is -2.49. The highest BCUT2D eigenvalue weighted by atomic mass is 32.2. The maximum atomic E-state index is 13.1. The van der Waals surface area contributed by atoms with Gasteiger partial charge in [-0.15, -0.1) is 10.2 Å². The molecule has 2 heterocycles. The maximum Gasteiger partial charge on any atom is 0.243 e. The van der Waals surface area contributed by atoms with E-state index < -0.39 is 21.4 Å². The van der Waals surface area contributed by atoms with Crippen LogP contribution in [0.5, 0.6) is 0 Å². The standard InChI is InChI=1S/C17H24FN5O3S/c1-4-17(2,24)15-19-20-16(21(15)3)22-9-11-23(12-10-22)27(25,26)14-7-5-13(18)6-8-14/h5-8,24H,4,9-12H2,1-3H3. The molecular weight excluding hydrogens is 373 g/mol. The zero-order valence-electron chi connectivity index (χ0n) is 15.6. The highest BCUT2D eigenvalue weighted by Gasteiger charge is 2.32. The molecule has 1 unspecified atom stereocenters. The number of hydrogen-bond donors (Lipinski definition) is 1. The van der Waals surface area contributed by atoms with E-state index in [2.05, 4.69) is 10.2 Å². The summed E-state index contributed by atoms with van der Waals surface area (Å²) in [6.07, 6.45) is 0.503. The first-order valence-corrected chi connectivity index (χ1v) is 10.2. The quantitative estimate of drug-likeness (QED) is 0.812. The summed E-state index contributed by atoms with van der Waals surface area (Å²) in [6.45, 7) is 5.01. The van der Waals surface area contributed by atoms with Gasteiger partial charge in [-0.3, -0.25) is 4.57 Å². The molecular formula is C17H24FN5O3S. The van der Waals surface area contributed by atoms with Crippen molar-refractivity contribution in [2.24, 2.45) is 7.05 Å². The molecule has 1 fully saturated rings. The molecule has 1 aromatic carbocycles. The molecule has 1 atom stereocenters. The molecule has 1 saturated heterocycles. The van der Waals surface area contributed by atoms with E-state index in [9.17, 15) is 17.9 Å². The molecule has 2 aromatic rings. The molecule has 1 N–H and O–H groups in total. The lowest BCUT2D eigenvalue weighted by atomic mass is 10.0. The van der Waals surface area contributed by atoms with Crippen LogP contribution in [0.3, 0.4) is 0 Å². The minimum atomic E-state index is -3.66. The fraction of sp³-hybridized carbons (Fsp3) is 0.529. The number of nitrogens with zero attached hydrogens (tertiary/aromatic N) is 5. The largest absolute Gasteiger partial charge is 0.382 e. The predicted octanol–water partition coefficient (Wildman–Crippen LogP) is 1.08. The van der Waals surface area contributed by atoms with E-state index in [1.165, 1.54) is 16.4 Å². The van der Waals surface area contributed by atoms with Gasteiger partial charge in [0, 0.05) is 33.2 Å². The Labute approximate surface area is 158 Å². The number of aromatic nitrogens is 3. The third-order valence-corrected chi connectivity index (χ3v) is 6.91. The van der Waals surface area contributed by atoms with Crippen molar-refractivity contribution in [3.8, 4) is 0 Å². The van der Waals surface area contributed by atoms with Gasteiger partial charge in [-0.25, -0.2) is 12.8 Å². The first-order valence-electron chi connectivity index (χ1n) is 8.79. The molecule has 10 heteroatoms. The van der Waals surface area contributed by atoms with Gasteiger partial charge in [0.1, 0.15) is 11.4 Å². The van der Waals surface area contributed by atoms with Gasteiger partial charge in [0.2, 0.25) is 16.0 Å². The summed E-state index contributed by atoms with van der Waals surface area (Å²) in [7, 11) is -1.87. The van der Waals surface area contributed by atoms with Crippen molar-refractivity contribution in [1.29, 1.82) is 0 Å². The van der Waals surface area contributed by atoms with Crippen molar-refractivity contribution in [3.05, 3.63) is 35.9 Å². The summed E-state index contributed by atoms with van der Waals surface area (Å²) in [5, 5.41) is 18.7. The van der Waals surface area contributed by atoms with Gasteiger partial charge in [0.25, 0.3) is 0 Å². The summed E-state index contributed by atoms with van der Waals surface area (Å²) >= 11 is 0. The molecule has 1 aliphatic heterocycles. The molecule has 148 valence electrons. The summed E-state index contributed by atoms with van der Waals surface area (Å²) in [6, 6.07) is 4.84. The molecule has 3 rings (SSSR count). The van der Waals surface area contributed by atoms with Gasteiger partial charge in [0.05, 0.1) is 4.90 Å². The van der Waals surface area contributed by atoms with Crippen molar-refractivity contribution in [3.63, 3.8) is 0 Å². The molecule has 8 nitrogen and oxygen atoms in total. The maximum absolute atomic E-state index is 13.1. The van der Waals surface area contributed by atoms with Gasteiger partial charge < -0.3 is 10.0 Å². The van der Waals surface area contributed by atoms with Gasteiger partial charge in [-0.2, -0.15) is 4.31 Å². The topological polar surface area (TPSA) is 91.6 Å². The number of anilines is 1. The minimum Gasteiger partial charge on any atom is -0.382 e. The van der Waals surface area contributed by atoms with Crippen molar-refractivity contribution < 1.29 is 17.9 Å². The van der Waals surface area contributed by atoms with Crippen molar-refractivity contribution in [1.82, 2.24) is 19.1 Å². The molecule has 0 aliphatic carbocycles. The molecule has 1 aromatic heterocycles. The van der Waals surface area contributed by atoms with E-state index in [1.54, 1.807) is 18.5 Å².